The van der Waals surface area contributed by atoms with Crippen LogP contribution in [-0.4, -0.2) is 0 Å². The number of benzene rings is 9. The Morgan fingerprint density at radius 2 is 0.237 bits per heavy atom. The minimum Gasteiger partial charge on any atom is -0.107 e. The van der Waals surface area contributed by atoms with E-state index in [1.165, 1.54) is 47.7 Å². The van der Waals surface area contributed by atoms with Gasteiger partial charge in [0.1, 0.15) is 0 Å². The van der Waals surface area contributed by atoms with Gasteiger partial charge in [-0.2, -0.15) is 0 Å². The van der Waals surface area contributed by atoms with Crippen molar-refractivity contribution in [3.63, 3.8) is 0 Å². The molecule has 0 nitrogen and oxygen atoms in total. The molecule has 0 aliphatic heterocycles. The van der Waals surface area contributed by atoms with E-state index in [0.717, 1.165) is 0 Å². The molecule has 1 radical (unpaired) electrons. The molecule has 0 aliphatic carbocycles. The fourth-order valence-electron chi connectivity index (χ4n) is 6.54. The zero-order valence-electron chi connectivity index (χ0n) is 32.6. The van der Waals surface area contributed by atoms with E-state index in [4.69, 9.17) is 0 Å². The first-order valence-corrected chi connectivity index (χ1v) is 23.2. The van der Waals surface area contributed by atoms with Crippen LogP contribution in [0.3, 0.4) is 0 Å². The zero-order chi connectivity index (χ0) is 38.7. The second kappa shape index (κ2) is 25.3. The van der Waals surface area contributed by atoms with Crippen molar-refractivity contribution in [2.45, 2.75) is 0 Å². The van der Waals surface area contributed by atoms with Gasteiger partial charge >= 0.3 is 0 Å². The summed E-state index contributed by atoms with van der Waals surface area (Å²) < 4.78 is 0. The minimum absolute atomic E-state index is 0. The third-order valence-electron chi connectivity index (χ3n) is 9.13. The van der Waals surface area contributed by atoms with Crippen molar-refractivity contribution in [2.75, 3.05) is 0 Å². The van der Waals surface area contributed by atoms with E-state index < -0.39 is 23.8 Å². The average Bonchev–Trinajstić information content (AvgIpc) is 3.30. The molecule has 0 heterocycles. The van der Waals surface area contributed by atoms with Crippen LogP contribution in [0.2, 0.25) is 0 Å². The number of hydrogen-bond acceptors (Lipinski definition) is 0. The summed E-state index contributed by atoms with van der Waals surface area (Å²) in [5.74, 6) is 0. The Morgan fingerprint density at radius 1 is 0.153 bits per heavy atom. The quantitative estimate of drug-likeness (QED) is 0.0998. The van der Waals surface area contributed by atoms with Gasteiger partial charge in [0.25, 0.3) is 0 Å². The molecule has 0 aliphatic rings. The molecule has 293 valence electrons. The van der Waals surface area contributed by atoms with E-state index in [0.29, 0.717) is 0 Å². The van der Waals surface area contributed by atoms with Crippen molar-refractivity contribution >= 4 is 95.5 Å². The average molecular weight is 1110 g/mol. The Balaban J connectivity index is 0.000000165. The van der Waals surface area contributed by atoms with Crippen LogP contribution < -0.4 is 47.7 Å². The first-order chi connectivity index (χ1) is 28.3. The van der Waals surface area contributed by atoms with Gasteiger partial charge in [-0.25, -0.2) is 0 Å². The van der Waals surface area contributed by atoms with Crippen molar-refractivity contribution in [3.05, 3.63) is 273 Å². The SMILES string of the molecule is I.[Ir].c1ccc(P(c2ccccc2)c2ccccc2)cc1.c1ccc(P(c2ccccc2)c2ccccc2)cc1.c1ccc(P(c2ccccc2)c2ccccc2)cc1. The molecule has 5 heteroatoms. The molecule has 0 saturated heterocycles. The zero-order valence-corrected chi connectivity index (χ0v) is 40.0. The summed E-state index contributed by atoms with van der Waals surface area (Å²) in [7, 11) is -1.34. The molecule has 0 aromatic heterocycles. The molecule has 0 bridgehead atoms. The van der Waals surface area contributed by atoms with Crippen LogP contribution in [0.25, 0.3) is 0 Å². The Labute approximate surface area is 385 Å². The van der Waals surface area contributed by atoms with Crippen molar-refractivity contribution < 1.29 is 20.1 Å². The Morgan fingerprint density at radius 3 is 0.322 bits per heavy atom. The second-order valence-electron chi connectivity index (χ2n) is 13.0. The maximum atomic E-state index is 2.23. The molecule has 9 aromatic carbocycles. The molecule has 9 aromatic rings. The monoisotopic (exact) mass is 1110 g/mol. The Hall–Kier alpha value is -4.35. The van der Waals surface area contributed by atoms with E-state index in [1.54, 1.807) is 0 Å². The van der Waals surface area contributed by atoms with Gasteiger partial charge in [0.15, 0.2) is 0 Å². The molecule has 0 atom stereocenters. The number of rotatable bonds is 9. The van der Waals surface area contributed by atoms with Gasteiger partial charge in [0.2, 0.25) is 0 Å². The third kappa shape index (κ3) is 13.3. The standard InChI is InChI=1S/3C18H15P.HI.Ir/c3*1-4-10-16(11-5-1)19(17-12-6-2-7-13-17)18-14-8-3-9-15-18;;/h3*1-15H;1H;. The van der Waals surface area contributed by atoms with E-state index in [-0.39, 0.29) is 44.1 Å². The molecule has 59 heavy (non-hydrogen) atoms. The normalized spacial score (nSPS) is 10.2. The predicted octanol–water partition coefficient (Wildman–Crippen LogP) is 10.9. The van der Waals surface area contributed by atoms with Crippen molar-refractivity contribution in [3.8, 4) is 0 Å². The molecule has 0 spiro atoms. The summed E-state index contributed by atoms with van der Waals surface area (Å²) >= 11 is 0. The van der Waals surface area contributed by atoms with E-state index in [2.05, 4.69) is 273 Å². The molecular formula is C54H46IIrP3. The molecule has 0 N–H and O–H groups in total. The van der Waals surface area contributed by atoms with Crippen molar-refractivity contribution in [1.29, 1.82) is 0 Å². The largest absolute Gasteiger partial charge is 0.107 e. The van der Waals surface area contributed by atoms with Crippen LogP contribution >= 0.6 is 47.7 Å². The van der Waals surface area contributed by atoms with Crippen LogP contribution in [0.1, 0.15) is 0 Å². The van der Waals surface area contributed by atoms with Crippen LogP contribution in [0.4, 0.5) is 0 Å². The van der Waals surface area contributed by atoms with E-state index >= 15 is 0 Å². The van der Waals surface area contributed by atoms with Crippen LogP contribution in [0, 0.1) is 0 Å². The molecular weight excluding hydrogens is 1060 g/mol. The molecule has 0 unspecified atom stereocenters. The van der Waals surface area contributed by atoms with Crippen molar-refractivity contribution in [2.24, 2.45) is 0 Å². The third-order valence-corrected chi connectivity index (χ3v) is 16.5. The van der Waals surface area contributed by atoms with E-state index in [9.17, 15) is 0 Å². The summed E-state index contributed by atoms with van der Waals surface area (Å²) in [4.78, 5) is 0. The second-order valence-corrected chi connectivity index (χ2v) is 19.7. The fraction of sp³-hybridized carbons (Fsp3) is 0. The first kappa shape index (κ1) is 45.7. The molecule has 0 amide bonds. The van der Waals surface area contributed by atoms with Crippen LogP contribution in [-0.2, 0) is 20.1 Å². The first-order valence-electron chi connectivity index (χ1n) is 19.2. The molecule has 0 saturated carbocycles. The number of hydrogen-bond donors (Lipinski definition) is 0. The Kier molecular flexibility index (Phi) is 19.6. The summed E-state index contributed by atoms with van der Waals surface area (Å²) in [5.41, 5.74) is 0. The van der Waals surface area contributed by atoms with Crippen molar-refractivity contribution in [1.82, 2.24) is 0 Å². The number of halogens is 1. The van der Waals surface area contributed by atoms with Gasteiger partial charge in [-0.3, -0.25) is 0 Å². The molecule has 9 rings (SSSR count). The van der Waals surface area contributed by atoms with E-state index in [1.807, 2.05) is 0 Å². The van der Waals surface area contributed by atoms with Gasteiger partial charge < -0.3 is 0 Å². The summed E-state index contributed by atoms with van der Waals surface area (Å²) in [6.45, 7) is 0. The molecule has 0 fully saturated rings. The van der Waals surface area contributed by atoms with Gasteiger partial charge in [-0.05, 0) is 71.5 Å². The van der Waals surface area contributed by atoms with Crippen LogP contribution in [0.5, 0.6) is 0 Å². The van der Waals surface area contributed by atoms with Gasteiger partial charge in [0.05, 0.1) is 0 Å². The summed E-state index contributed by atoms with van der Waals surface area (Å²) in [6, 6.07) is 97.0. The van der Waals surface area contributed by atoms with Gasteiger partial charge in [-0.15, -0.1) is 24.0 Å². The Bertz CT molecular complexity index is 1870. The summed E-state index contributed by atoms with van der Waals surface area (Å²) in [5, 5.41) is 12.6. The predicted molar refractivity (Wildman–Crippen MR) is 271 cm³/mol. The van der Waals surface area contributed by atoms with Crippen LogP contribution in [0.15, 0.2) is 273 Å². The maximum Gasteiger partial charge on any atom is 0 e. The van der Waals surface area contributed by atoms with Gasteiger partial charge in [-0.1, -0.05) is 273 Å². The summed E-state index contributed by atoms with van der Waals surface area (Å²) in [6.07, 6.45) is 0. The topological polar surface area (TPSA) is 0 Å². The fourth-order valence-corrected chi connectivity index (χ4v) is 13.5. The maximum absolute atomic E-state index is 2.23. The minimum atomic E-state index is -0.446. The van der Waals surface area contributed by atoms with Gasteiger partial charge in [0, 0.05) is 20.1 Å². The smallest absolute Gasteiger partial charge is 0 e.